The van der Waals surface area contributed by atoms with Gasteiger partial charge in [-0.1, -0.05) is 0 Å². The van der Waals surface area contributed by atoms with E-state index in [0.29, 0.717) is 11.5 Å². The van der Waals surface area contributed by atoms with Gasteiger partial charge in [-0.05, 0) is 26.6 Å². The third kappa shape index (κ3) is 2.20. The van der Waals surface area contributed by atoms with Crippen LogP contribution in [0.2, 0.25) is 0 Å². The van der Waals surface area contributed by atoms with Gasteiger partial charge >= 0.3 is 0 Å². The zero-order chi connectivity index (χ0) is 12.6. The Hall–Kier alpha value is -1.20. The first-order chi connectivity index (χ1) is 8.67. The lowest BCUT2D eigenvalue weighted by atomic mass is 9.78. The van der Waals surface area contributed by atoms with Crippen LogP contribution in [0, 0.1) is 5.41 Å². The van der Waals surface area contributed by atoms with Crippen LogP contribution >= 0.6 is 0 Å². The second kappa shape index (κ2) is 4.48. The SMILES string of the molecule is CN(C)C[C@H]1CC2(CO1)CN(c1ncccn1)C2. The monoisotopic (exact) mass is 248 g/mol. The van der Waals surface area contributed by atoms with Crippen LogP contribution in [0.4, 0.5) is 5.95 Å². The topological polar surface area (TPSA) is 41.5 Å². The van der Waals surface area contributed by atoms with Gasteiger partial charge in [0, 0.05) is 37.4 Å². The Labute approximate surface area is 108 Å². The van der Waals surface area contributed by atoms with Crippen LogP contribution in [0.1, 0.15) is 6.42 Å². The predicted molar refractivity (Wildman–Crippen MR) is 69.6 cm³/mol. The molecule has 0 aliphatic carbocycles. The molecule has 0 unspecified atom stereocenters. The largest absolute Gasteiger partial charge is 0.376 e. The molecule has 3 rings (SSSR count). The maximum Gasteiger partial charge on any atom is 0.225 e. The van der Waals surface area contributed by atoms with Crippen molar-refractivity contribution in [3.8, 4) is 0 Å². The molecule has 2 fully saturated rings. The van der Waals surface area contributed by atoms with Gasteiger partial charge in [0.15, 0.2) is 0 Å². The fraction of sp³-hybridized carbons (Fsp3) is 0.692. The number of anilines is 1. The lowest BCUT2D eigenvalue weighted by Crippen LogP contribution is -2.57. The van der Waals surface area contributed by atoms with Gasteiger partial charge in [-0.2, -0.15) is 0 Å². The van der Waals surface area contributed by atoms with Crippen LogP contribution in [-0.2, 0) is 4.74 Å². The van der Waals surface area contributed by atoms with Gasteiger partial charge in [0.25, 0.3) is 0 Å². The normalized spacial score (nSPS) is 25.7. The molecule has 0 bridgehead atoms. The van der Waals surface area contributed by atoms with Gasteiger partial charge < -0.3 is 14.5 Å². The summed E-state index contributed by atoms with van der Waals surface area (Å²) in [4.78, 5) is 13.0. The van der Waals surface area contributed by atoms with Crippen molar-refractivity contribution in [2.24, 2.45) is 5.41 Å². The second-order valence-corrected chi connectivity index (χ2v) is 5.80. The van der Waals surface area contributed by atoms with E-state index in [9.17, 15) is 0 Å². The molecule has 5 nitrogen and oxygen atoms in total. The lowest BCUT2D eigenvalue weighted by Gasteiger charge is -2.47. The molecule has 1 aromatic rings. The highest BCUT2D eigenvalue weighted by Crippen LogP contribution is 2.42. The first kappa shape index (κ1) is 11.9. The standard InChI is InChI=1S/C13H20N4O/c1-16(2)7-11-6-13(10-18-11)8-17(9-13)12-14-4-3-5-15-12/h3-5,11H,6-10H2,1-2H3/t11-/m1/s1. The number of likely N-dealkylation sites (N-methyl/N-ethyl adjacent to an activating group) is 1. The van der Waals surface area contributed by atoms with Crippen molar-refractivity contribution in [1.82, 2.24) is 14.9 Å². The van der Waals surface area contributed by atoms with E-state index >= 15 is 0 Å². The molecule has 5 heteroatoms. The van der Waals surface area contributed by atoms with Gasteiger partial charge in [-0.15, -0.1) is 0 Å². The van der Waals surface area contributed by atoms with E-state index in [1.807, 2.05) is 6.07 Å². The number of hydrogen-bond donors (Lipinski definition) is 0. The number of aromatic nitrogens is 2. The molecule has 2 saturated heterocycles. The minimum atomic E-state index is 0.347. The van der Waals surface area contributed by atoms with Crippen molar-refractivity contribution in [2.45, 2.75) is 12.5 Å². The molecule has 0 N–H and O–H groups in total. The number of nitrogens with zero attached hydrogens (tertiary/aromatic N) is 4. The molecular weight excluding hydrogens is 228 g/mol. The van der Waals surface area contributed by atoms with E-state index in [0.717, 1.165) is 38.6 Å². The predicted octanol–water partition coefficient (Wildman–Crippen LogP) is 0.633. The smallest absolute Gasteiger partial charge is 0.225 e. The molecule has 98 valence electrons. The highest BCUT2D eigenvalue weighted by molar-refractivity contribution is 5.36. The Balaban J connectivity index is 1.56. The van der Waals surface area contributed by atoms with Gasteiger partial charge in [-0.25, -0.2) is 9.97 Å². The Kier molecular flexibility index (Phi) is 2.95. The minimum absolute atomic E-state index is 0.347. The van der Waals surface area contributed by atoms with Gasteiger partial charge in [0.2, 0.25) is 5.95 Å². The first-order valence-corrected chi connectivity index (χ1v) is 6.45. The van der Waals surface area contributed by atoms with Crippen molar-refractivity contribution < 1.29 is 4.74 Å². The van der Waals surface area contributed by atoms with Gasteiger partial charge in [0.1, 0.15) is 0 Å². The van der Waals surface area contributed by atoms with E-state index < -0.39 is 0 Å². The summed E-state index contributed by atoms with van der Waals surface area (Å²) in [5.41, 5.74) is 0.347. The molecule has 0 radical (unpaired) electrons. The molecule has 2 aliphatic rings. The summed E-state index contributed by atoms with van der Waals surface area (Å²) < 4.78 is 5.90. The molecule has 0 saturated carbocycles. The van der Waals surface area contributed by atoms with E-state index in [1.54, 1.807) is 12.4 Å². The third-order valence-electron chi connectivity index (χ3n) is 3.74. The first-order valence-electron chi connectivity index (χ1n) is 6.45. The molecule has 18 heavy (non-hydrogen) atoms. The second-order valence-electron chi connectivity index (χ2n) is 5.80. The molecule has 3 heterocycles. The van der Waals surface area contributed by atoms with E-state index in [2.05, 4.69) is 33.9 Å². The highest BCUT2D eigenvalue weighted by atomic mass is 16.5. The number of rotatable bonds is 3. The fourth-order valence-electron chi connectivity index (χ4n) is 3.00. The Morgan fingerprint density at radius 2 is 2.11 bits per heavy atom. The summed E-state index contributed by atoms with van der Waals surface area (Å²) in [5, 5.41) is 0. The number of hydrogen-bond acceptors (Lipinski definition) is 5. The molecule has 0 amide bonds. The fourth-order valence-corrected chi connectivity index (χ4v) is 3.00. The van der Waals surface area contributed by atoms with Crippen molar-refractivity contribution in [1.29, 1.82) is 0 Å². The summed E-state index contributed by atoms with van der Waals surface area (Å²) in [6.45, 7) is 3.96. The maximum absolute atomic E-state index is 5.90. The highest BCUT2D eigenvalue weighted by Gasteiger charge is 2.49. The molecular formula is C13H20N4O. The minimum Gasteiger partial charge on any atom is -0.376 e. The van der Waals surface area contributed by atoms with Crippen LogP contribution in [0.15, 0.2) is 18.5 Å². The molecule has 1 aromatic heterocycles. The summed E-state index contributed by atoms with van der Waals surface area (Å²) in [6, 6.07) is 1.85. The third-order valence-corrected chi connectivity index (χ3v) is 3.74. The Morgan fingerprint density at radius 1 is 1.39 bits per heavy atom. The van der Waals surface area contributed by atoms with Crippen LogP contribution in [0.3, 0.4) is 0 Å². The van der Waals surface area contributed by atoms with Crippen LogP contribution < -0.4 is 4.90 Å². The zero-order valence-electron chi connectivity index (χ0n) is 11.0. The van der Waals surface area contributed by atoms with Crippen molar-refractivity contribution >= 4 is 5.95 Å². The Morgan fingerprint density at radius 3 is 2.78 bits per heavy atom. The Bertz CT molecular complexity index is 403. The molecule has 1 spiro atoms. The summed E-state index contributed by atoms with van der Waals surface area (Å²) in [7, 11) is 4.19. The van der Waals surface area contributed by atoms with Crippen molar-refractivity contribution in [3.05, 3.63) is 18.5 Å². The average Bonchev–Trinajstić information content (AvgIpc) is 2.71. The average molecular weight is 248 g/mol. The van der Waals surface area contributed by atoms with Gasteiger partial charge in [-0.3, -0.25) is 0 Å². The quantitative estimate of drug-likeness (QED) is 0.785. The molecule has 1 atom stereocenters. The van der Waals surface area contributed by atoms with Crippen LogP contribution in [0.25, 0.3) is 0 Å². The van der Waals surface area contributed by atoms with E-state index in [1.165, 1.54) is 0 Å². The van der Waals surface area contributed by atoms with E-state index in [-0.39, 0.29) is 0 Å². The molecule has 2 aliphatic heterocycles. The molecule has 0 aromatic carbocycles. The number of ether oxygens (including phenoxy) is 1. The summed E-state index contributed by atoms with van der Waals surface area (Å²) >= 11 is 0. The van der Waals surface area contributed by atoms with E-state index in [4.69, 9.17) is 4.74 Å². The van der Waals surface area contributed by atoms with Crippen molar-refractivity contribution in [2.75, 3.05) is 45.2 Å². The van der Waals surface area contributed by atoms with Crippen LogP contribution in [-0.4, -0.2) is 61.3 Å². The summed E-state index contributed by atoms with van der Waals surface area (Å²) in [6.07, 6.45) is 5.15. The lowest BCUT2D eigenvalue weighted by molar-refractivity contribution is 0.0720. The van der Waals surface area contributed by atoms with Gasteiger partial charge in [0.05, 0.1) is 12.7 Å². The summed E-state index contributed by atoms with van der Waals surface area (Å²) in [5.74, 6) is 0.846. The maximum atomic E-state index is 5.90. The van der Waals surface area contributed by atoms with Crippen LogP contribution in [0.5, 0.6) is 0 Å². The zero-order valence-corrected chi connectivity index (χ0v) is 11.0. The van der Waals surface area contributed by atoms with Crippen molar-refractivity contribution in [3.63, 3.8) is 0 Å².